The minimum Gasteiger partial charge on any atom is -0.460 e. The van der Waals surface area contributed by atoms with E-state index in [9.17, 15) is 22.4 Å². The van der Waals surface area contributed by atoms with Crippen molar-refractivity contribution in [3.8, 4) is 6.07 Å². The van der Waals surface area contributed by atoms with Crippen LogP contribution in [0.4, 0.5) is 17.6 Å². The molecule has 2 atom stereocenters. The van der Waals surface area contributed by atoms with Crippen molar-refractivity contribution in [3.05, 3.63) is 46.0 Å². The Kier molecular flexibility index (Phi) is 4.94. The molecule has 1 aliphatic rings. The predicted molar refractivity (Wildman–Crippen MR) is 80.9 cm³/mol. The van der Waals surface area contributed by atoms with E-state index in [2.05, 4.69) is 0 Å². The van der Waals surface area contributed by atoms with E-state index in [0.29, 0.717) is 5.57 Å². The Labute approximate surface area is 142 Å². The summed E-state index contributed by atoms with van der Waals surface area (Å²) in [7, 11) is 0. The van der Waals surface area contributed by atoms with Gasteiger partial charge >= 0.3 is 5.97 Å². The van der Waals surface area contributed by atoms with Crippen LogP contribution >= 0.6 is 0 Å². The first-order valence-electron chi connectivity index (χ1n) is 7.60. The molecule has 1 saturated carbocycles. The van der Waals surface area contributed by atoms with Gasteiger partial charge in [-0.15, -0.1) is 0 Å². The molecule has 1 aliphatic carbocycles. The average molecular weight is 355 g/mol. The summed E-state index contributed by atoms with van der Waals surface area (Å²) in [5.41, 5.74) is -1.78. The van der Waals surface area contributed by atoms with Gasteiger partial charge in [-0.05, 0) is 25.2 Å². The van der Waals surface area contributed by atoms with Crippen molar-refractivity contribution < 1.29 is 27.1 Å². The Bertz CT molecular complexity index is 779. The van der Waals surface area contributed by atoms with E-state index < -0.39 is 58.3 Å². The monoisotopic (exact) mass is 355 g/mol. The Morgan fingerprint density at radius 2 is 1.72 bits per heavy atom. The van der Waals surface area contributed by atoms with Crippen LogP contribution in [0.5, 0.6) is 0 Å². The summed E-state index contributed by atoms with van der Waals surface area (Å²) in [5.74, 6) is -7.75. The second kappa shape index (κ2) is 6.51. The summed E-state index contributed by atoms with van der Waals surface area (Å²) < 4.78 is 59.5. The van der Waals surface area contributed by atoms with Crippen molar-refractivity contribution >= 4 is 5.97 Å². The van der Waals surface area contributed by atoms with Crippen LogP contribution in [-0.2, 0) is 16.1 Å². The molecule has 0 saturated heterocycles. The number of ether oxygens (including phenoxy) is 1. The third kappa shape index (κ3) is 3.26. The number of allylic oxidation sites excluding steroid dienone is 2. The molecule has 0 aromatic heterocycles. The number of esters is 1. The van der Waals surface area contributed by atoms with Crippen molar-refractivity contribution in [1.82, 2.24) is 0 Å². The molecule has 3 nitrogen and oxygen atoms in total. The highest BCUT2D eigenvalue weighted by atomic mass is 19.2. The first-order chi connectivity index (χ1) is 11.5. The number of hydrogen-bond donors (Lipinski definition) is 0. The molecule has 25 heavy (non-hydrogen) atoms. The van der Waals surface area contributed by atoms with Gasteiger partial charge < -0.3 is 4.74 Å². The molecule has 0 heterocycles. The molecule has 0 bridgehead atoms. The molecule has 2 rings (SSSR count). The van der Waals surface area contributed by atoms with Crippen LogP contribution in [0.3, 0.4) is 0 Å². The van der Waals surface area contributed by atoms with Gasteiger partial charge in [0.15, 0.2) is 23.3 Å². The third-order valence-corrected chi connectivity index (χ3v) is 4.70. The van der Waals surface area contributed by atoms with E-state index in [1.165, 1.54) is 0 Å². The lowest BCUT2D eigenvalue weighted by Crippen LogP contribution is -2.14. The molecule has 7 heteroatoms. The van der Waals surface area contributed by atoms with Crippen LogP contribution in [0.25, 0.3) is 0 Å². The lowest BCUT2D eigenvalue weighted by atomic mass is 10.1. The molecule has 0 amide bonds. The Hall–Kier alpha value is -2.36. The van der Waals surface area contributed by atoms with Gasteiger partial charge in [0, 0.05) is 11.1 Å². The van der Waals surface area contributed by atoms with Gasteiger partial charge in [0.05, 0.1) is 17.6 Å². The number of halogens is 4. The van der Waals surface area contributed by atoms with Gasteiger partial charge in [0.1, 0.15) is 6.61 Å². The number of nitriles is 1. The fourth-order valence-corrected chi connectivity index (χ4v) is 2.89. The van der Waals surface area contributed by atoms with Gasteiger partial charge in [-0.25, -0.2) is 17.6 Å². The first-order valence-corrected chi connectivity index (χ1v) is 7.60. The highest BCUT2D eigenvalue weighted by Gasteiger charge is 2.61. The maximum Gasteiger partial charge on any atom is 0.310 e. The number of nitrogens with zero attached hydrogens (tertiary/aromatic N) is 1. The summed E-state index contributed by atoms with van der Waals surface area (Å²) in [6.07, 6.45) is 1.64. The highest BCUT2D eigenvalue weighted by Crippen LogP contribution is 2.59. The standard InChI is InChI=1S/C18H17F4NO2/c1-8(6-23)5-11-12(18(11,3)4)17(24)25-7-10-15(21)13(19)9(2)14(20)16(10)22/h5,11-12H,7H2,1-4H3/t11-,12+/m1/s1. The fourth-order valence-electron chi connectivity index (χ4n) is 2.89. The van der Waals surface area contributed by atoms with Gasteiger partial charge in [-0.1, -0.05) is 19.9 Å². The summed E-state index contributed by atoms with van der Waals surface area (Å²) >= 11 is 0. The van der Waals surface area contributed by atoms with Crippen LogP contribution < -0.4 is 0 Å². The Morgan fingerprint density at radius 1 is 1.20 bits per heavy atom. The maximum absolute atomic E-state index is 13.8. The molecule has 1 fully saturated rings. The van der Waals surface area contributed by atoms with E-state index in [-0.39, 0.29) is 5.92 Å². The molecule has 0 spiro atoms. The van der Waals surface area contributed by atoms with E-state index in [1.54, 1.807) is 26.8 Å². The number of carbonyl (C=O) groups is 1. The smallest absolute Gasteiger partial charge is 0.310 e. The quantitative estimate of drug-likeness (QED) is 0.349. The predicted octanol–water partition coefficient (Wildman–Crippen LogP) is 4.34. The lowest BCUT2D eigenvalue weighted by Gasteiger charge is -2.10. The molecule has 0 aliphatic heterocycles. The summed E-state index contributed by atoms with van der Waals surface area (Å²) in [5, 5.41) is 8.81. The van der Waals surface area contributed by atoms with Crippen molar-refractivity contribution in [2.75, 3.05) is 0 Å². The van der Waals surface area contributed by atoms with Gasteiger partial charge in [0.25, 0.3) is 0 Å². The van der Waals surface area contributed by atoms with E-state index in [4.69, 9.17) is 10.00 Å². The van der Waals surface area contributed by atoms with Gasteiger partial charge in [-0.2, -0.15) is 5.26 Å². The van der Waals surface area contributed by atoms with Crippen LogP contribution in [0, 0.1) is 58.8 Å². The first kappa shape index (κ1) is 19.0. The third-order valence-electron chi connectivity index (χ3n) is 4.70. The minimum atomic E-state index is -1.57. The molecule has 0 radical (unpaired) electrons. The largest absolute Gasteiger partial charge is 0.460 e. The number of rotatable bonds is 4. The van der Waals surface area contributed by atoms with E-state index in [0.717, 1.165) is 6.92 Å². The Morgan fingerprint density at radius 3 is 2.20 bits per heavy atom. The summed E-state index contributed by atoms with van der Waals surface area (Å²) in [4.78, 5) is 12.2. The molecule has 0 unspecified atom stereocenters. The topological polar surface area (TPSA) is 50.1 Å². The van der Waals surface area contributed by atoms with Crippen molar-refractivity contribution in [3.63, 3.8) is 0 Å². The molecule has 1 aromatic rings. The van der Waals surface area contributed by atoms with Crippen LogP contribution in [-0.4, -0.2) is 5.97 Å². The lowest BCUT2D eigenvalue weighted by molar-refractivity contribution is -0.147. The SMILES string of the molecule is CC(C#N)=C[C@@H]1[C@@H](C(=O)OCc2c(F)c(F)c(C)c(F)c2F)C1(C)C. The zero-order chi connectivity index (χ0) is 19.1. The number of carbonyl (C=O) groups excluding carboxylic acids is 1. The summed E-state index contributed by atoms with van der Waals surface area (Å²) in [6.45, 7) is 5.17. The molecule has 0 N–H and O–H groups in total. The number of hydrogen-bond acceptors (Lipinski definition) is 3. The molecular weight excluding hydrogens is 338 g/mol. The zero-order valence-electron chi connectivity index (χ0n) is 14.2. The van der Waals surface area contributed by atoms with Crippen molar-refractivity contribution in [2.45, 2.75) is 34.3 Å². The van der Waals surface area contributed by atoms with E-state index >= 15 is 0 Å². The minimum absolute atomic E-state index is 0.249. The van der Waals surface area contributed by atoms with Crippen LogP contribution in [0.15, 0.2) is 11.6 Å². The normalized spacial score (nSPS) is 21.6. The zero-order valence-corrected chi connectivity index (χ0v) is 14.2. The number of benzene rings is 1. The molecule has 134 valence electrons. The maximum atomic E-state index is 13.8. The van der Waals surface area contributed by atoms with Gasteiger partial charge in [-0.3, -0.25) is 4.79 Å². The molecular formula is C18H17F4NO2. The van der Waals surface area contributed by atoms with Gasteiger partial charge in [0.2, 0.25) is 0 Å². The fraction of sp³-hybridized carbons (Fsp3) is 0.444. The Balaban J connectivity index is 2.16. The van der Waals surface area contributed by atoms with Crippen molar-refractivity contribution in [1.29, 1.82) is 5.26 Å². The summed E-state index contributed by atoms with van der Waals surface area (Å²) in [6, 6.07) is 1.95. The second-order valence-corrected chi connectivity index (χ2v) is 6.75. The highest BCUT2D eigenvalue weighted by molar-refractivity contribution is 5.78. The van der Waals surface area contributed by atoms with E-state index in [1.807, 2.05) is 6.07 Å². The van der Waals surface area contributed by atoms with Crippen LogP contribution in [0.2, 0.25) is 0 Å². The molecule has 1 aromatic carbocycles. The average Bonchev–Trinajstić information content (AvgIpc) is 3.10. The van der Waals surface area contributed by atoms with Crippen molar-refractivity contribution in [2.24, 2.45) is 17.3 Å². The second-order valence-electron chi connectivity index (χ2n) is 6.75. The van der Waals surface area contributed by atoms with Crippen LogP contribution in [0.1, 0.15) is 31.9 Å².